The topological polar surface area (TPSA) is 40.5 Å². The third-order valence-electron chi connectivity index (χ3n) is 2.84. The number of thiophene rings is 1. The van der Waals surface area contributed by atoms with Crippen LogP contribution < -0.4 is 0 Å². The van der Waals surface area contributed by atoms with Crippen LogP contribution in [0.1, 0.15) is 24.8 Å². The molecule has 1 N–H and O–H groups in total. The monoisotopic (exact) mass is 211 g/mol. The van der Waals surface area contributed by atoms with E-state index in [9.17, 15) is 4.79 Å². The minimum absolute atomic E-state index is 0.150. The second kappa shape index (κ2) is 3.61. The van der Waals surface area contributed by atoms with Gasteiger partial charge in [-0.05, 0) is 35.7 Å². The number of nitrogens with zero attached hydrogens (tertiary/aromatic N) is 1. The molecule has 1 amide bonds. The van der Waals surface area contributed by atoms with E-state index in [1.807, 2.05) is 12.3 Å². The minimum Gasteiger partial charge on any atom is -0.465 e. The lowest BCUT2D eigenvalue weighted by Crippen LogP contribution is -2.32. The fourth-order valence-electron chi connectivity index (χ4n) is 2.05. The van der Waals surface area contributed by atoms with Crippen LogP contribution in [0.2, 0.25) is 0 Å². The van der Waals surface area contributed by atoms with Crippen molar-refractivity contribution >= 4 is 17.4 Å². The molecule has 1 aromatic heterocycles. The van der Waals surface area contributed by atoms with Crippen LogP contribution in [0, 0.1) is 0 Å². The number of amides is 1. The van der Waals surface area contributed by atoms with E-state index in [4.69, 9.17) is 5.11 Å². The molecule has 2 heterocycles. The SMILES string of the molecule is C[C@@H]1C[C@H](c2ccsc2)CN1C(=O)O. The van der Waals surface area contributed by atoms with E-state index >= 15 is 0 Å². The Bertz CT molecular complexity index is 323. The van der Waals surface area contributed by atoms with Crippen LogP contribution in [0.4, 0.5) is 4.79 Å². The fourth-order valence-corrected chi connectivity index (χ4v) is 2.79. The first-order valence-corrected chi connectivity index (χ1v) is 5.64. The molecule has 0 radical (unpaired) electrons. The number of likely N-dealkylation sites (tertiary alicyclic amines) is 1. The first-order chi connectivity index (χ1) is 6.68. The van der Waals surface area contributed by atoms with Gasteiger partial charge in [0.25, 0.3) is 0 Å². The lowest BCUT2D eigenvalue weighted by molar-refractivity contribution is 0.143. The highest BCUT2D eigenvalue weighted by Crippen LogP contribution is 2.32. The summed E-state index contributed by atoms with van der Waals surface area (Å²) >= 11 is 1.67. The first-order valence-electron chi connectivity index (χ1n) is 4.70. The molecule has 2 rings (SSSR count). The molecule has 1 fully saturated rings. The Balaban J connectivity index is 2.10. The van der Waals surface area contributed by atoms with Crippen molar-refractivity contribution in [2.24, 2.45) is 0 Å². The average Bonchev–Trinajstić information content (AvgIpc) is 2.70. The maximum absolute atomic E-state index is 10.9. The molecule has 76 valence electrons. The van der Waals surface area contributed by atoms with Crippen LogP contribution >= 0.6 is 11.3 Å². The second-order valence-electron chi connectivity index (χ2n) is 3.77. The van der Waals surface area contributed by atoms with Crippen molar-refractivity contribution in [2.75, 3.05) is 6.54 Å². The van der Waals surface area contributed by atoms with Gasteiger partial charge in [-0.1, -0.05) is 0 Å². The van der Waals surface area contributed by atoms with Crippen molar-refractivity contribution in [1.82, 2.24) is 4.90 Å². The third-order valence-corrected chi connectivity index (χ3v) is 3.54. The molecule has 0 unspecified atom stereocenters. The molecule has 2 atom stereocenters. The normalized spacial score (nSPS) is 26.8. The van der Waals surface area contributed by atoms with E-state index in [-0.39, 0.29) is 6.04 Å². The Hall–Kier alpha value is -1.03. The lowest BCUT2D eigenvalue weighted by Gasteiger charge is -2.16. The van der Waals surface area contributed by atoms with Gasteiger partial charge in [0.05, 0.1) is 0 Å². The predicted octanol–water partition coefficient (Wildman–Crippen LogP) is 2.60. The third kappa shape index (κ3) is 1.62. The Kier molecular flexibility index (Phi) is 2.46. The second-order valence-corrected chi connectivity index (χ2v) is 4.55. The Morgan fingerprint density at radius 2 is 2.50 bits per heavy atom. The Morgan fingerprint density at radius 3 is 3.00 bits per heavy atom. The van der Waals surface area contributed by atoms with E-state index in [1.54, 1.807) is 11.3 Å². The molecule has 14 heavy (non-hydrogen) atoms. The van der Waals surface area contributed by atoms with Crippen LogP contribution in [-0.2, 0) is 0 Å². The first kappa shape index (κ1) is 9.52. The maximum atomic E-state index is 10.9. The summed E-state index contributed by atoms with van der Waals surface area (Å²) in [5, 5.41) is 13.1. The molecule has 0 spiro atoms. The van der Waals surface area contributed by atoms with Gasteiger partial charge in [-0.15, -0.1) is 0 Å². The lowest BCUT2D eigenvalue weighted by atomic mass is 10.00. The van der Waals surface area contributed by atoms with E-state index in [0.717, 1.165) is 6.42 Å². The Morgan fingerprint density at radius 1 is 1.71 bits per heavy atom. The molecule has 1 aliphatic heterocycles. The van der Waals surface area contributed by atoms with E-state index in [1.165, 1.54) is 10.5 Å². The van der Waals surface area contributed by atoms with Gasteiger partial charge in [-0.3, -0.25) is 0 Å². The molecule has 0 aromatic carbocycles. The van der Waals surface area contributed by atoms with Crippen molar-refractivity contribution in [1.29, 1.82) is 0 Å². The molecular formula is C10H13NO2S. The number of rotatable bonds is 1. The molecule has 1 aromatic rings. The van der Waals surface area contributed by atoms with Crippen LogP contribution in [0.5, 0.6) is 0 Å². The van der Waals surface area contributed by atoms with Crippen LogP contribution in [0.3, 0.4) is 0 Å². The van der Waals surface area contributed by atoms with Gasteiger partial charge in [0.15, 0.2) is 0 Å². The van der Waals surface area contributed by atoms with Gasteiger partial charge < -0.3 is 10.0 Å². The summed E-state index contributed by atoms with van der Waals surface area (Å²) in [6, 6.07) is 2.24. The summed E-state index contributed by atoms with van der Waals surface area (Å²) in [7, 11) is 0. The molecular weight excluding hydrogens is 198 g/mol. The molecule has 0 aliphatic carbocycles. The summed E-state index contributed by atoms with van der Waals surface area (Å²) in [5.41, 5.74) is 1.28. The average molecular weight is 211 g/mol. The summed E-state index contributed by atoms with van der Waals surface area (Å²) in [4.78, 5) is 12.4. The van der Waals surface area contributed by atoms with Gasteiger partial charge >= 0.3 is 6.09 Å². The zero-order valence-corrected chi connectivity index (χ0v) is 8.83. The van der Waals surface area contributed by atoms with Gasteiger partial charge in [-0.25, -0.2) is 4.79 Å². The number of hydrogen-bond acceptors (Lipinski definition) is 2. The highest BCUT2D eigenvalue weighted by molar-refractivity contribution is 7.07. The Labute approximate surface area is 87.0 Å². The van der Waals surface area contributed by atoms with Gasteiger partial charge in [0.1, 0.15) is 0 Å². The van der Waals surface area contributed by atoms with Crippen molar-refractivity contribution in [3.63, 3.8) is 0 Å². The molecule has 4 heteroatoms. The van der Waals surface area contributed by atoms with Crippen molar-refractivity contribution in [2.45, 2.75) is 25.3 Å². The van der Waals surface area contributed by atoms with Crippen molar-refractivity contribution < 1.29 is 9.90 Å². The number of carboxylic acid groups (broad SMARTS) is 1. The van der Waals surface area contributed by atoms with Crippen LogP contribution in [0.15, 0.2) is 16.8 Å². The molecule has 0 saturated carbocycles. The summed E-state index contributed by atoms with van der Waals surface area (Å²) in [6.07, 6.45) is 0.151. The maximum Gasteiger partial charge on any atom is 0.407 e. The van der Waals surface area contributed by atoms with Crippen LogP contribution in [0.25, 0.3) is 0 Å². The summed E-state index contributed by atoms with van der Waals surface area (Å²) < 4.78 is 0. The van der Waals surface area contributed by atoms with E-state index in [2.05, 4.69) is 11.4 Å². The standard InChI is InChI=1S/C10H13NO2S/c1-7-4-9(5-11(7)10(12)13)8-2-3-14-6-8/h2-3,6-7,9H,4-5H2,1H3,(H,12,13)/t7-,9+/m1/s1. The summed E-state index contributed by atoms with van der Waals surface area (Å²) in [5.74, 6) is 0.396. The minimum atomic E-state index is -0.796. The van der Waals surface area contributed by atoms with E-state index in [0.29, 0.717) is 12.5 Å². The zero-order valence-electron chi connectivity index (χ0n) is 8.01. The predicted molar refractivity (Wildman–Crippen MR) is 55.9 cm³/mol. The van der Waals surface area contributed by atoms with Crippen LogP contribution in [-0.4, -0.2) is 28.7 Å². The largest absolute Gasteiger partial charge is 0.465 e. The van der Waals surface area contributed by atoms with Gasteiger partial charge in [0.2, 0.25) is 0 Å². The van der Waals surface area contributed by atoms with Crippen molar-refractivity contribution in [3.8, 4) is 0 Å². The highest BCUT2D eigenvalue weighted by atomic mass is 32.1. The number of carbonyl (C=O) groups is 1. The molecule has 1 saturated heterocycles. The van der Waals surface area contributed by atoms with Crippen molar-refractivity contribution in [3.05, 3.63) is 22.4 Å². The van der Waals surface area contributed by atoms with E-state index < -0.39 is 6.09 Å². The zero-order chi connectivity index (χ0) is 10.1. The molecule has 1 aliphatic rings. The smallest absolute Gasteiger partial charge is 0.407 e. The number of hydrogen-bond donors (Lipinski definition) is 1. The fraction of sp³-hybridized carbons (Fsp3) is 0.500. The molecule has 0 bridgehead atoms. The van der Waals surface area contributed by atoms with Gasteiger partial charge in [-0.2, -0.15) is 11.3 Å². The quantitative estimate of drug-likeness (QED) is 0.775. The molecule has 3 nitrogen and oxygen atoms in total. The summed E-state index contributed by atoms with van der Waals surface area (Å²) in [6.45, 7) is 2.62. The van der Waals surface area contributed by atoms with Gasteiger partial charge in [0, 0.05) is 18.5 Å². The highest BCUT2D eigenvalue weighted by Gasteiger charge is 2.32.